The molecular weight excluding hydrogens is 312 g/mol. The molecule has 0 aliphatic carbocycles. The lowest BCUT2D eigenvalue weighted by Gasteiger charge is -2.09. The molecule has 8 heteroatoms. The summed E-state index contributed by atoms with van der Waals surface area (Å²) in [6.45, 7) is 0. The van der Waals surface area contributed by atoms with E-state index in [1.54, 1.807) is 0 Å². The van der Waals surface area contributed by atoms with Crippen LogP contribution >= 0.6 is 11.6 Å². The van der Waals surface area contributed by atoms with E-state index in [9.17, 15) is 22.4 Å². The van der Waals surface area contributed by atoms with Gasteiger partial charge in [-0.05, 0) is 30.3 Å². The molecule has 0 saturated heterocycles. The zero-order valence-corrected chi connectivity index (χ0v) is 11.0. The molecule has 1 aromatic carbocycles. The maximum Gasteiger partial charge on any atom is 0.417 e. The fourth-order valence-corrected chi connectivity index (χ4v) is 1.74. The predicted molar refractivity (Wildman–Crippen MR) is 68.6 cm³/mol. The van der Waals surface area contributed by atoms with Gasteiger partial charge < -0.3 is 5.32 Å². The summed E-state index contributed by atoms with van der Waals surface area (Å²) in [6, 6.07) is 5.46. The monoisotopic (exact) mass is 318 g/mol. The second kappa shape index (κ2) is 5.69. The number of hydrogen-bond acceptors (Lipinski definition) is 2. The third-order valence-electron chi connectivity index (χ3n) is 2.49. The third-order valence-corrected chi connectivity index (χ3v) is 2.77. The van der Waals surface area contributed by atoms with Crippen molar-refractivity contribution in [3.05, 3.63) is 58.6 Å². The van der Waals surface area contributed by atoms with Crippen LogP contribution in [0.25, 0.3) is 0 Å². The van der Waals surface area contributed by atoms with Crippen molar-refractivity contribution in [2.45, 2.75) is 6.18 Å². The molecule has 0 fully saturated rings. The number of rotatable bonds is 2. The van der Waals surface area contributed by atoms with Crippen molar-refractivity contribution < 1.29 is 22.4 Å². The molecule has 0 unspecified atom stereocenters. The van der Waals surface area contributed by atoms with Crippen molar-refractivity contribution in [3.63, 3.8) is 0 Å². The van der Waals surface area contributed by atoms with E-state index in [2.05, 4.69) is 10.3 Å². The zero-order valence-electron chi connectivity index (χ0n) is 10.2. The Morgan fingerprint density at radius 1 is 1.19 bits per heavy atom. The van der Waals surface area contributed by atoms with Crippen LogP contribution in [0.4, 0.5) is 23.2 Å². The van der Waals surface area contributed by atoms with Gasteiger partial charge in [0.25, 0.3) is 5.91 Å². The topological polar surface area (TPSA) is 42.0 Å². The minimum Gasteiger partial charge on any atom is -0.321 e. The number of carbonyl (C=O) groups is 1. The number of pyridine rings is 1. The lowest BCUT2D eigenvalue weighted by atomic mass is 10.2. The summed E-state index contributed by atoms with van der Waals surface area (Å²) in [5.74, 6) is -1.28. The Bertz CT molecular complexity index is 671. The highest BCUT2D eigenvalue weighted by atomic mass is 35.5. The normalized spacial score (nSPS) is 11.3. The van der Waals surface area contributed by atoms with Gasteiger partial charge >= 0.3 is 6.18 Å². The molecular formula is C13H7ClF4N2O. The highest BCUT2D eigenvalue weighted by molar-refractivity contribution is 6.34. The van der Waals surface area contributed by atoms with Gasteiger partial charge in [0.1, 0.15) is 11.5 Å². The summed E-state index contributed by atoms with van der Waals surface area (Å²) in [5, 5.41) is 1.92. The third kappa shape index (κ3) is 3.69. The van der Waals surface area contributed by atoms with E-state index in [1.165, 1.54) is 12.1 Å². The summed E-state index contributed by atoms with van der Waals surface area (Å²) in [5.41, 5.74) is -1.14. The summed E-state index contributed by atoms with van der Waals surface area (Å²) < 4.78 is 50.1. The van der Waals surface area contributed by atoms with Gasteiger partial charge in [-0.15, -0.1) is 0 Å². The van der Waals surface area contributed by atoms with Crippen molar-refractivity contribution >= 4 is 23.2 Å². The number of anilines is 1. The van der Waals surface area contributed by atoms with E-state index in [0.29, 0.717) is 12.3 Å². The number of benzene rings is 1. The summed E-state index contributed by atoms with van der Waals surface area (Å²) >= 11 is 5.64. The van der Waals surface area contributed by atoms with Gasteiger partial charge in [0.2, 0.25) is 0 Å². The molecule has 0 bridgehead atoms. The maximum absolute atomic E-state index is 12.7. The number of alkyl halides is 3. The van der Waals surface area contributed by atoms with Gasteiger partial charge in [0.05, 0.1) is 10.6 Å². The average Bonchev–Trinajstić information content (AvgIpc) is 2.40. The minimum atomic E-state index is -4.59. The SMILES string of the molecule is O=C(Nc1ccc(F)cc1)c1ncc(C(F)(F)F)cc1Cl. The average molecular weight is 319 g/mol. The molecule has 0 saturated carbocycles. The Morgan fingerprint density at radius 3 is 2.33 bits per heavy atom. The van der Waals surface area contributed by atoms with Gasteiger partial charge in [0, 0.05) is 11.9 Å². The smallest absolute Gasteiger partial charge is 0.321 e. The van der Waals surface area contributed by atoms with Crippen LogP contribution in [0.1, 0.15) is 16.1 Å². The molecule has 110 valence electrons. The zero-order chi connectivity index (χ0) is 15.6. The lowest BCUT2D eigenvalue weighted by Crippen LogP contribution is -2.15. The first-order valence-electron chi connectivity index (χ1n) is 5.57. The van der Waals surface area contributed by atoms with Gasteiger partial charge in [-0.3, -0.25) is 4.79 Å². The van der Waals surface area contributed by atoms with Crippen LogP contribution in [0.2, 0.25) is 5.02 Å². The van der Waals surface area contributed by atoms with E-state index in [0.717, 1.165) is 12.1 Å². The number of amides is 1. The highest BCUT2D eigenvalue weighted by Gasteiger charge is 2.32. The number of nitrogens with zero attached hydrogens (tertiary/aromatic N) is 1. The number of nitrogens with one attached hydrogen (secondary N) is 1. The van der Waals surface area contributed by atoms with Crippen LogP contribution in [0.3, 0.4) is 0 Å². The minimum absolute atomic E-state index is 0.263. The van der Waals surface area contributed by atoms with Gasteiger partial charge in [-0.1, -0.05) is 11.6 Å². The van der Waals surface area contributed by atoms with E-state index in [-0.39, 0.29) is 11.4 Å². The fourth-order valence-electron chi connectivity index (χ4n) is 1.48. The van der Waals surface area contributed by atoms with Crippen molar-refractivity contribution in [2.75, 3.05) is 5.32 Å². The molecule has 2 rings (SSSR count). The van der Waals surface area contributed by atoms with E-state index >= 15 is 0 Å². The van der Waals surface area contributed by atoms with Crippen LogP contribution in [0.15, 0.2) is 36.5 Å². The molecule has 0 atom stereocenters. The van der Waals surface area contributed by atoms with Crippen LogP contribution in [0, 0.1) is 5.82 Å². The fraction of sp³-hybridized carbons (Fsp3) is 0.0769. The molecule has 1 N–H and O–H groups in total. The first-order valence-corrected chi connectivity index (χ1v) is 5.95. The van der Waals surface area contributed by atoms with Gasteiger partial charge in [0.15, 0.2) is 0 Å². The van der Waals surface area contributed by atoms with E-state index in [4.69, 9.17) is 11.6 Å². The van der Waals surface area contributed by atoms with Crippen LogP contribution in [0.5, 0.6) is 0 Å². The maximum atomic E-state index is 12.7. The summed E-state index contributed by atoms with van der Waals surface area (Å²) in [7, 11) is 0. The van der Waals surface area contributed by atoms with Crippen LogP contribution in [-0.2, 0) is 6.18 Å². The molecule has 1 heterocycles. The van der Waals surface area contributed by atoms with E-state index in [1.807, 2.05) is 0 Å². The van der Waals surface area contributed by atoms with Crippen LogP contribution in [-0.4, -0.2) is 10.9 Å². The van der Waals surface area contributed by atoms with Crippen LogP contribution < -0.4 is 5.32 Å². The van der Waals surface area contributed by atoms with Crippen molar-refractivity contribution in [1.29, 1.82) is 0 Å². The molecule has 21 heavy (non-hydrogen) atoms. The highest BCUT2D eigenvalue weighted by Crippen LogP contribution is 2.31. The first kappa shape index (κ1) is 15.2. The van der Waals surface area contributed by atoms with Gasteiger partial charge in [-0.25, -0.2) is 9.37 Å². The van der Waals surface area contributed by atoms with Crippen molar-refractivity contribution in [1.82, 2.24) is 4.98 Å². The Hall–Kier alpha value is -2.15. The Labute approximate surface area is 121 Å². The van der Waals surface area contributed by atoms with Crippen molar-refractivity contribution in [3.8, 4) is 0 Å². The number of carbonyl (C=O) groups excluding carboxylic acids is 1. The van der Waals surface area contributed by atoms with E-state index < -0.39 is 28.5 Å². The molecule has 2 aromatic rings. The molecule has 0 aliphatic rings. The number of hydrogen-bond donors (Lipinski definition) is 1. The quantitative estimate of drug-likeness (QED) is 0.845. The summed E-state index contributed by atoms with van der Waals surface area (Å²) in [4.78, 5) is 15.3. The van der Waals surface area contributed by atoms with Gasteiger partial charge in [-0.2, -0.15) is 13.2 Å². The molecule has 1 aromatic heterocycles. The Balaban J connectivity index is 2.22. The number of halogens is 5. The number of aromatic nitrogens is 1. The molecule has 1 amide bonds. The largest absolute Gasteiger partial charge is 0.417 e. The first-order chi connectivity index (χ1) is 9.77. The molecule has 3 nitrogen and oxygen atoms in total. The molecule has 0 spiro atoms. The standard InChI is InChI=1S/C13H7ClF4N2O/c14-10-5-7(13(16,17)18)6-19-11(10)12(21)20-9-3-1-8(15)2-4-9/h1-6H,(H,20,21). The predicted octanol–water partition coefficient (Wildman–Crippen LogP) is 4.15. The second-order valence-electron chi connectivity index (χ2n) is 4.01. The van der Waals surface area contributed by atoms with Crippen molar-refractivity contribution in [2.24, 2.45) is 0 Å². The summed E-state index contributed by atoms with van der Waals surface area (Å²) in [6.07, 6.45) is -4.08. The molecule has 0 radical (unpaired) electrons. The second-order valence-corrected chi connectivity index (χ2v) is 4.42. The lowest BCUT2D eigenvalue weighted by molar-refractivity contribution is -0.137. The Morgan fingerprint density at radius 2 is 1.81 bits per heavy atom. The Kier molecular flexibility index (Phi) is 4.13. The molecule has 0 aliphatic heterocycles.